The Hall–Kier alpha value is -1.03. The van der Waals surface area contributed by atoms with Crippen molar-refractivity contribution < 1.29 is 0 Å². The Morgan fingerprint density at radius 2 is 2.17 bits per heavy atom. The number of thiophene rings is 1. The predicted octanol–water partition coefficient (Wildman–Crippen LogP) is 3.76. The van der Waals surface area contributed by atoms with Crippen LogP contribution in [0.5, 0.6) is 0 Å². The lowest BCUT2D eigenvalue weighted by Crippen LogP contribution is -2.19. The Labute approximate surface area is 117 Å². The first-order chi connectivity index (χ1) is 8.70. The smallest absolute Gasteiger partial charge is 0.0519 e. The van der Waals surface area contributed by atoms with E-state index >= 15 is 0 Å². The van der Waals surface area contributed by atoms with Crippen LogP contribution in [0, 0.1) is 0 Å². The molecular weight excluding hydrogens is 264 g/mol. The second kappa shape index (κ2) is 6.23. The fourth-order valence-corrected chi connectivity index (χ4v) is 2.93. The van der Waals surface area contributed by atoms with Crippen LogP contribution in [-0.4, -0.2) is 14.1 Å². The maximum atomic E-state index is 6.06. The van der Waals surface area contributed by atoms with Crippen LogP contribution in [0.3, 0.4) is 0 Å². The monoisotopic (exact) mass is 280 g/mol. The van der Waals surface area contributed by atoms with E-state index in [1.54, 1.807) is 11.3 Å². The van der Waals surface area contributed by atoms with Crippen LogP contribution in [0.15, 0.2) is 35.7 Å². The summed E-state index contributed by atoms with van der Waals surface area (Å²) in [6, 6.07) is 10.3. The van der Waals surface area contributed by atoms with Crippen molar-refractivity contribution >= 4 is 28.6 Å². The molecule has 0 radical (unpaired) electrons. The molecule has 18 heavy (non-hydrogen) atoms. The largest absolute Gasteiger partial charge is 0.369 e. The molecule has 0 saturated heterocycles. The summed E-state index contributed by atoms with van der Waals surface area (Å²) in [6.07, 6.45) is 0. The van der Waals surface area contributed by atoms with Gasteiger partial charge in [0.25, 0.3) is 0 Å². The first-order valence-corrected chi connectivity index (χ1v) is 7.13. The van der Waals surface area contributed by atoms with Gasteiger partial charge in [-0.2, -0.15) is 0 Å². The van der Waals surface area contributed by atoms with E-state index < -0.39 is 0 Å². The topological polar surface area (TPSA) is 15.3 Å². The SMILES string of the molecule is CNCc1cc(Cl)ccc1N(C)Cc1cccs1. The van der Waals surface area contributed by atoms with Crippen molar-refractivity contribution in [3.05, 3.63) is 51.2 Å². The molecule has 1 aromatic heterocycles. The molecule has 1 aromatic carbocycles. The summed E-state index contributed by atoms with van der Waals surface area (Å²) < 4.78 is 0. The Balaban J connectivity index is 2.20. The van der Waals surface area contributed by atoms with Crippen molar-refractivity contribution in [3.63, 3.8) is 0 Å². The molecule has 0 bridgehead atoms. The van der Waals surface area contributed by atoms with E-state index in [-0.39, 0.29) is 0 Å². The summed E-state index contributed by atoms with van der Waals surface area (Å²) in [4.78, 5) is 3.62. The predicted molar refractivity (Wildman–Crippen MR) is 80.6 cm³/mol. The molecule has 2 nitrogen and oxygen atoms in total. The highest BCUT2D eigenvalue weighted by atomic mass is 35.5. The van der Waals surface area contributed by atoms with E-state index in [2.05, 4.69) is 40.8 Å². The number of anilines is 1. The molecule has 0 amide bonds. The van der Waals surface area contributed by atoms with Crippen molar-refractivity contribution in [1.82, 2.24) is 5.32 Å². The molecule has 0 fully saturated rings. The van der Waals surface area contributed by atoms with Gasteiger partial charge in [-0.15, -0.1) is 11.3 Å². The molecular formula is C14H17ClN2S. The van der Waals surface area contributed by atoms with Crippen LogP contribution in [0.1, 0.15) is 10.4 Å². The third-order valence-corrected chi connectivity index (χ3v) is 3.89. The highest BCUT2D eigenvalue weighted by Crippen LogP contribution is 2.25. The quantitative estimate of drug-likeness (QED) is 0.897. The van der Waals surface area contributed by atoms with E-state index in [0.717, 1.165) is 18.1 Å². The molecule has 1 heterocycles. The Bertz CT molecular complexity index is 497. The maximum Gasteiger partial charge on any atom is 0.0519 e. The third kappa shape index (κ3) is 3.25. The number of hydrogen-bond donors (Lipinski definition) is 1. The summed E-state index contributed by atoms with van der Waals surface area (Å²) in [5.74, 6) is 0. The van der Waals surface area contributed by atoms with Crippen molar-refractivity contribution in [2.75, 3.05) is 19.0 Å². The van der Waals surface area contributed by atoms with Crippen LogP contribution in [-0.2, 0) is 13.1 Å². The molecule has 2 aromatic rings. The second-order valence-electron chi connectivity index (χ2n) is 4.24. The molecule has 0 aliphatic carbocycles. The number of nitrogens with zero attached hydrogens (tertiary/aromatic N) is 1. The van der Waals surface area contributed by atoms with E-state index in [4.69, 9.17) is 11.6 Å². The normalized spacial score (nSPS) is 10.6. The molecule has 0 aliphatic heterocycles. The van der Waals surface area contributed by atoms with Gasteiger partial charge >= 0.3 is 0 Å². The van der Waals surface area contributed by atoms with E-state index in [9.17, 15) is 0 Å². The summed E-state index contributed by atoms with van der Waals surface area (Å²) in [6.45, 7) is 1.75. The molecule has 4 heteroatoms. The Kier molecular flexibility index (Phi) is 4.64. The second-order valence-corrected chi connectivity index (χ2v) is 5.71. The third-order valence-electron chi connectivity index (χ3n) is 2.79. The number of rotatable bonds is 5. The van der Waals surface area contributed by atoms with E-state index in [1.165, 1.54) is 16.1 Å². The minimum atomic E-state index is 0.786. The average molecular weight is 281 g/mol. The lowest BCUT2D eigenvalue weighted by atomic mass is 10.1. The fourth-order valence-electron chi connectivity index (χ4n) is 1.98. The van der Waals surface area contributed by atoms with Crippen LogP contribution < -0.4 is 10.2 Å². The molecule has 0 unspecified atom stereocenters. The van der Waals surface area contributed by atoms with Gasteiger partial charge < -0.3 is 10.2 Å². The number of benzene rings is 1. The number of hydrogen-bond acceptors (Lipinski definition) is 3. The highest BCUT2D eigenvalue weighted by molar-refractivity contribution is 7.09. The lowest BCUT2D eigenvalue weighted by Gasteiger charge is -2.22. The van der Waals surface area contributed by atoms with Crippen LogP contribution >= 0.6 is 22.9 Å². The van der Waals surface area contributed by atoms with Gasteiger partial charge in [0.05, 0.1) is 6.54 Å². The van der Waals surface area contributed by atoms with Gasteiger partial charge in [-0.05, 0) is 42.3 Å². The highest BCUT2D eigenvalue weighted by Gasteiger charge is 2.08. The molecule has 96 valence electrons. The fraction of sp³-hybridized carbons (Fsp3) is 0.286. The molecule has 0 spiro atoms. The Morgan fingerprint density at radius 1 is 1.33 bits per heavy atom. The average Bonchev–Trinajstić information content (AvgIpc) is 2.82. The standard InChI is InChI=1S/C14H17ClN2S/c1-16-9-11-8-12(15)5-6-14(11)17(2)10-13-4-3-7-18-13/h3-8,16H,9-10H2,1-2H3. The van der Waals surface area contributed by atoms with Crippen molar-refractivity contribution in [2.45, 2.75) is 13.1 Å². The minimum Gasteiger partial charge on any atom is -0.369 e. The molecule has 0 atom stereocenters. The minimum absolute atomic E-state index is 0.786. The Morgan fingerprint density at radius 3 is 2.83 bits per heavy atom. The summed E-state index contributed by atoms with van der Waals surface area (Å²) in [5.41, 5.74) is 2.45. The van der Waals surface area contributed by atoms with E-state index in [1.807, 2.05) is 19.2 Å². The van der Waals surface area contributed by atoms with E-state index in [0.29, 0.717) is 0 Å². The van der Waals surface area contributed by atoms with Crippen LogP contribution in [0.25, 0.3) is 0 Å². The number of nitrogens with one attached hydrogen (secondary N) is 1. The van der Waals surface area contributed by atoms with Crippen molar-refractivity contribution in [3.8, 4) is 0 Å². The first-order valence-electron chi connectivity index (χ1n) is 5.87. The molecule has 2 rings (SSSR count). The molecule has 0 saturated carbocycles. The number of halogens is 1. The first kappa shape index (κ1) is 13.4. The summed E-state index contributed by atoms with van der Waals surface area (Å²) >= 11 is 7.84. The summed E-state index contributed by atoms with van der Waals surface area (Å²) in [7, 11) is 4.06. The van der Waals surface area contributed by atoms with Gasteiger partial charge in [-0.1, -0.05) is 17.7 Å². The van der Waals surface area contributed by atoms with Crippen molar-refractivity contribution in [2.24, 2.45) is 0 Å². The van der Waals surface area contributed by atoms with Gasteiger partial charge in [-0.3, -0.25) is 0 Å². The van der Waals surface area contributed by atoms with Gasteiger partial charge in [0.15, 0.2) is 0 Å². The van der Waals surface area contributed by atoms with Gasteiger partial charge in [0.1, 0.15) is 0 Å². The van der Waals surface area contributed by atoms with Crippen LogP contribution in [0.4, 0.5) is 5.69 Å². The lowest BCUT2D eigenvalue weighted by molar-refractivity contribution is 0.807. The summed E-state index contributed by atoms with van der Waals surface area (Å²) in [5, 5.41) is 6.08. The zero-order chi connectivity index (χ0) is 13.0. The molecule has 1 N–H and O–H groups in total. The van der Waals surface area contributed by atoms with Crippen molar-refractivity contribution in [1.29, 1.82) is 0 Å². The van der Waals surface area contributed by atoms with Gasteiger partial charge in [0, 0.05) is 29.2 Å². The maximum absolute atomic E-state index is 6.06. The zero-order valence-corrected chi connectivity index (χ0v) is 12.2. The van der Waals surface area contributed by atoms with Crippen LogP contribution in [0.2, 0.25) is 5.02 Å². The molecule has 0 aliphatic rings. The zero-order valence-electron chi connectivity index (χ0n) is 10.6. The van der Waals surface area contributed by atoms with Gasteiger partial charge in [0.2, 0.25) is 0 Å². The van der Waals surface area contributed by atoms with Gasteiger partial charge in [-0.25, -0.2) is 0 Å².